The van der Waals surface area contributed by atoms with Gasteiger partial charge in [0, 0.05) is 19.5 Å². The van der Waals surface area contributed by atoms with Crippen molar-refractivity contribution in [3.05, 3.63) is 29.8 Å². The number of hydrogen-bond donors (Lipinski definition) is 3. The number of carbonyl (C=O) groups is 2. The van der Waals surface area contributed by atoms with Crippen molar-refractivity contribution in [3.8, 4) is 5.75 Å². The summed E-state index contributed by atoms with van der Waals surface area (Å²) in [6.07, 6.45) is 2.04. The molecule has 1 heterocycles. The maximum absolute atomic E-state index is 12.1. The zero-order chi connectivity index (χ0) is 19.6. The number of rotatable bonds is 10. The molecule has 1 saturated heterocycles. The Morgan fingerprint density at radius 1 is 1.30 bits per heavy atom. The summed E-state index contributed by atoms with van der Waals surface area (Å²) in [5.74, 6) is 0.666. The molecule has 0 aliphatic carbocycles. The molecule has 4 N–H and O–H groups in total. The van der Waals surface area contributed by atoms with Crippen LogP contribution in [-0.2, 0) is 14.3 Å². The topological polar surface area (TPSA) is 103 Å². The Labute approximate surface area is 161 Å². The molecule has 7 nitrogen and oxygen atoms in total. The zero-order valence-corrected chi connectivity index (χ0v) is 16.2. The van der Waals surface area contributed by atoms with Crippen molar-refractivity contribution < 1.29 is 19.1 Å². The molecule has 3 atom stereocenters. The summed E-state index contributed by atoms with van der Waals surface area (Å²) < 4.78 is 11.0. The van der Waals surface area contributed by atoms with Crippen molar-refractivity contribution in [1.82, 2.24) is 10.6 Å². The lowest BCUT2D eigenvalue weighted by Gasteiger charge is -2.15. The van der Waals surface area contributed by atoms with Crippen LogP contribution in [0.25, 0.3) is 0 Å². The van der Waals surface area contributed by atoms with Gasteiger partial charge < -0.3 is 25.8 Å². The number of hydrogen-bond acceptors (Lipinski definition) is 5. The minimum Gasteiger partial charge on any atom is -0.494 e. The van der Waals surface area contributed by atoms with Gasteiger partial charge in [0.25, 0.3) is 0 Å². The van der Waals surface area contributed by atoms with Crippen molar-refractivity contribution in [3.63, 3.8) is 0 Å². The Morgan fingerprint density at radius 3 is 2.67 bits per heavy atom. The molecule has 1 aromatic carbocycles. The van der Waals surface area contributed by atoms with Crippen LogP contribution < -0.4 is 21.1 Å². The van der Waals surface area contributed by atoms with Crippen LogP contribution in [0.2, 0.25) is 0 Å². The second-order valence-corrected chi connectivity index (χ2v) is 6.75. The van der Waals surface area contributed by atoms with E-state index >= 15 is 0 Å². The molecule has 0 radical (unpaired) electrons. The summed E-state index contributed by atoms with van der Waals surface area (Å²) in [6, 6.07) is 7.62. The number of ether oxygens (including phenoxy) is 2. The lowest BCUT2D eigenvalue weighted by atomic mass is 10.1. The van der Waals surface area contributed by atoms with Crippen LogP contribution in [-0.4, -0.2) is 43.7 Å². The fraction of sp³-hybridized carbons (Fsp3) is 0.600. The smallest absolute Gasteiger partial charge is 0.249 e. The van der Waals surface area contributed by atoms with Gasteiger partial charge in [-0.1, -0.05) is 12.1 Å². The van der Waals surface area contributed by atoms with E-state index in [1.807, 2.05) is 38.1 Å². The third-order valence-electron chi connectivity index (χ3n) is 4.61. The highest BCUT2D eigenvalue weighted by Gasteiger charge is 2.29. The summed E-state index contributed by atoms with van der Waals surface area (Å²) in [5, 5.41) is 5.80. The van der Waals surface area contributed by atoms with E-state index in [2.05, 4.69) is 10.6 Å². The second-order valence-electron chi connectivity index (χ2n) is 6.75. The van der Waals surface area contributed by atoms with Crippen LogP contribution in [0.15, 0.2) is 24.3 Å². The summed E-state index contributed by atoms with van der Waals surface area (Å²) in [4.78, 5) is 24.1. The minimum absolute atomic E-state index is 0.0179. The van der Waals surface area contributed by atoms with Gasteiger partial charge in [-0.25, -0.2) is 0 Å². The van der Waals surface area contributed by atoms with E-state index in [4.69, 9.17) is 15.2 Å². The van der Waals surface area contributed by atoms with Gasteiger partial charge in [-0.05, 0) is 50.8 Å². The van der Waals surface area contributed by atoms with Gasteiger partial charge in [-0.2, -0.15) is 0 Å². The van der Waals surface area contributed by atoms with Crippen molar-refractivity contribution in [1.29, 1.82) is 0 Å². The van der Waals surface area contributed by atoms with Crippen molar-refractivity contribution in [2.75, 3.05) is 19.7 Å². The Balaban J connectivity index is 1.63. The predicted molar refractivity (Wildman–Crippen MR) is 103 cm³/mol. The van der Waals surface area contributed by atoms with Gasteiger partial charge in [0.05, 0.1) is 18.8 Å². The largest absolute Gasteiger partial charge is 0.494 e. The zero-order valence-electron chi connectivity index (χ0n) is 16.2. The van der Waals surface area contributed by atoms with E-state index in [0.29, 0.717) is 39.0 Å². The number of nitrogens with two attached hydrogens (primary N) is 1. The Bertz CT molecular complexity index is 606. The summed E-state index contributed by atoms with van der Waals surface area (Å²) in [6.45, 7) is 5.41. The first-order valence-corrected chi connectivity index (χ1v) is 9.68. The quantitative estimate of drug-likeness (QED) is 0.538. The SMILES string of the molecule is CCOc1ccc(C(C)NC(=O)CCCNC(=O)[C@@H]2CC[C@H](CN)O2)cc1. The molecule has 2 rings (SSSR count). The molecular formula is C20H31N3O4. The third-order valence-corrected chi connectivity index (χ3v) is 4.61. The lowest BCUT2D eigenvalue weighted by molar-refractivity contribution is -0.132. The Hall–Kier alpha value is -2.12. The fourth-order valence-electron chi connectivity index (χ4n) is 3.06. The van der Waals surface area contributed by atoms with Crippen LogP contribution >= 0.6 is 0 Å². The molecule has 2 amide bonds. The van der Waals surface area contributed by atoms with Gasteiger partial charge in [0.1, 0.15) is 11.9 Å². The van der Waals surface area contributed by atoms with E-state index < -0.39 is 6.10 Å². The van der Waals surface area contributed by atoms with E-state index in [9.17, 15) is 9.59 Å². The van der Waals surface area contributed by atoms with Crippen LogP contribution in [0.1, 0.15) is 51.1 Å². The maximum Gasteiger partial charge on any atom is 0.249 e. The predicted octanol–water partition coefficient (Wildman–Crippen LogP) is 1.67. The number of nitrogens with one attached hydrogen (secondary N) is 2. The summed E-state index contributed by atoms with van der Waals surface area (Å²) in [7, 11) is 0. The molecule has 7 heteroatoms. The van der Waals surface area contributed by atoms with Crippen molar-refractivity contribution in [2.24, 2.45) is 5.73 Å². The average molecular weight is 377 g/mol. The van der Waals surface area contributed by atoms with Crippen LogP contribution in [0.4, 0.5) is 0 Å². The van der Waals surface area contributed by atoms with Gasteiger partial charge in [0.2, 0.25) is 11.8 Å². The minimum atomic E-state index is -0.410. The molecule has 150 valence electrons. The molecule has 0 aromatic heterocycles. The monoisotopic (exact) mass is 377 g/mol. The standard InChI is InChI=1S/C20H31N3O4/c1-3-26-16-8-6-15(7-9-16)14(2)23-19(24)5-4-12-22-20(25)18-11-10-17(13-21)27-18/h6-9,14,17-18H,3-5,10-13,21H2,1-2H3,(H,22,25)(H,23,24)/t14?,17-,18+/m1/s1. The summed E-state index contributed by atoms with van der Waals surface area (Å²) in [5.41, 5.74) is 6.57. The molecule has 1 aliphatic rings. The highest BCUT2D eigenvalue weighted by molar-refractivity contribution is 5.81. The molecule has 27 heavy (non-hydrogen) atoms. The van der Waals surface area contributed by atoms with E-state index in [-0.39, 0.29) is 24.0 Å². The fourth-order valence-corrected chi connectivity index (χ4v) is 3.06. The van der Waals surface area contributed by atoms with E-state index in [1.54, 1.807) is 0 Å². The van der Waals surface area contributed by atoms with Gasteiger partial charge in [-0.3, -0.25) is 9.59 Å². The second kappa shape index (κ2) is 10.9. The van der Waals surface area contributed by atoms with Crippen molar-refractivity contribution >= 4 is 11.8 Å². The van der Waals surface area contributed by atoms with Gasteiger partial charge in [-0.15, -0.1) is 0 Å². The average Bonchev–Trinajstić information content (AvgIpc) is 3.15. The number of amides is 2. The highest BCUT2D eigenvalue weighted by Crippen LogP contribution is 2.19. The lowest BCUT2D eigenvalue weighted by Crippen LogP contribution is -2.36. The molecule has 1 aliphatic heterocycles. The van der Waals surface area contributed by atoms with E-state index in [0.717, 1.165) is 17.7 Å². The Morgan fingerprint density at radius 2 is 2.04 bits per heavy atom. The number of carbonyl (C=O) groups excluding carboxylic acids is 2. The molecular weight excluding hydrogens is 346 g/mol. The molecule has 1 unspecified atom stereocenters. The number of benzene rings is 1. The molecule has 0 saturated carbocycles. The first-order chi connectivity index (χ1) is 13.0. The maximum atomic E-state index is 12.1. The molecule has 0 bridgehead atoms. The van der Waals surface area contributed by atoms with E-state index in [1.165, 1.54) is 0 Å². The highest BCUT2D eigenvalue weighted by atomic mass is 16.5. The van der Waals surface area contributed by atoms with Gasteiger partial charge >= 0.3 is 0 Å². The Kier molecular flexibility index (Phi) is 8.54. The molecule has 1 fully saturated rings. The normalized spacial score (nSPS) is 20.1. The van der Waals surface area contributed by atoms with Crippen molar-refractivity contribution in [2.45, 2.75) is 57.8 Å². The first kappa shape index (κ1) is 21.2. The molecule has 0 spiro atoms. The van der Waals surface area contributed by atoms with Gasteiger partial charge in [0.15, 0.2) is 0 Å². The summed E-state index contributed by atoms with van der Waals surface area (Å²) >= 11 is 0. The van der Waals surface area contributed by atoms with Crippen LogP contribution in [0.3, 0.4) is 0 Å². The van der Waals surface area contributed by atoms with Crippen LogP contribution in [0.5, 0.6) is 5.75 Å². The first-order valence-electron chi connectivity index (χ1n) is 9.68. The molecule has 1 aromatic rings. The third kappa shape index (κ3) is 6.84. The van der Waals surface area contributed by atoms with Crippen LogP contribution in [0, 0.1) is 0 Å².